The van der Waals surface area contributed by atoms with Crippen molar-refractivity contribution in [3.05, 3.63) is 41.0 Å². The quantitative estimate of drug-likeness (QED) is 0.187. The molecule has 6 fully saturated rings. The maximum Gasteiger partial charge on any atom is 0.309 e. The summed E-state index contributed by atoms with van der Waals surface area (Å²) in [7, 11) is 0. The predicted molar refractivity (Wildman–Crippen MR) is 254 cm³/mol. The van der Waals surface area contributed by atoms with Gasteiger partial charge in [0.2, 0.25) is 5.91 Å². The van der Waals surface area contributed by atoms with Crippen molar-refractivity contribution < 1.29 is 33.8 Å². The van der Waals surface area contributed by atoms with Crippen molar-refractivity contribution in [1.29, 1.82) is 0 Å². The van der Waals surface area contributed by atoms with E-state index >= 15 is 0 Å². The van der Waals surface area contributed by atoms with Crippen LogP contribution in [0.3, 0.4) is 0 Å². The largest absolute Gasteiger partial charge is 0.481 e. The van der Waals surface area contributed by atoms with Crippen molar-refractivity contribution in [2.45, 2.75) is 178 Å². The minimum absolute atomic E-state index is 0.0216. The average Bonchev–Trinajstić information content (AvgIpc) is 3.52. The molecule has 65 heavy (non-hydrogen) atoms. The highest BCUT2D eigenvalue weighted by Gasteiger charge is 2.70. The number of Topliss-reactive ketones (excluding diaryl/α,β-unsaturated/α-hetero) is 1. The number of hydrogen-bond acceptors (Lipinski definition) is 7. The highest BCUT2D eigenvalue weighted by atomic mass is 16.5. The van der Waals surface area contributed by atoms with Gasteiger partial charge in [-0.2, -0.15) is 0 Å². The van der Waals surface area contributed by atoms with Crippen LogP contribution < -0.4 is 15.5 Å². The van der Waals surface area contributed by atoms with E-state index in [4.69, 9.17) is 4.74 Å². The molecule has 0 bridgehead atoms. The molecule has 2 amide bonds. The number of rotatable bonds is 11. The molecule has 10 heteroatoms. The third-order valence-electron chi connectivity index (χ3n) is 20.2. The molecule has 0 aromatic heterocycles. The minimum Gasteiger partial charge on any atom is -0.481 e. The van der Waals surface area contributed by atoms with Gasteiger partial charge in [0, 0.05) is 54.6 Å². The summed E-state index contributed by atoms with van der Waals surface area (Å²) in [6, 6.07) is 7.85. The smallest absolute Gasteiger partial charge is 0.309 e. The fourth-order valence-corrected chi connectivity index (χ4v) is 16.2. The fourth-order valence-electron chi connectivity index (χ4n) is 16.2. The van der Waals surface area contributed by atoms with Crippen LogP contribution in [0.1, 0.15) is 176 Å². The summed E-state index contributed by atoms with van der Waals surface area (Å²) >= 11 is 0. The number of fused-ring (bicyclic) bond motifs is 7. The van der Waals surface area contributed by atoms with Gasteiger partial charge in [-0.1, -0.05) is 67.9 Å². The zero-order chi connectivity index (χ0) is 47.3. The number of carboxylic acid groups (broad SMARTS) is 1. The first kappa shape index (κ1) is 47.8. The molecule has 1 aliphatic heterocycles. The molecule has 1 saturated heterocycles. The van der Waals surface area contributed by atoms with Gasteiger partial charge >= 0.3 is 11.9 Å². The van der Waals surface area contributed by atoms with E-state index < -0.39 is 34.2 Å². The van der Waals surface area contributed by atoms with E-state index in [-0.39, 0.29) is 76.1 Å². The molecule has 358 valence electrons. The molecule has 3 N–H and O–H groups in total. The van der Waals surface area contributed by atoms with Gasteiger partial charge in [0.25, 0.3) is 5.91 Å². The standard InChI is InChI=1S/C55H81N3O7/c1-33(2)44-39(59)30-55(31-43(60)56-32-49(3,4)57-46(61)34-15-17-35(18-16-34)58-27-13-12-14-28-58)26-25-53(10)36(45(44)55)19-20-41-52(9)23-22-42(51(7,8)40(52)21-24-54(41,53)11)65-48(64)38-29-37(47(62)63)50(38,5)6/h15-18,33,36-38,40-42H,12-14,19-32H2,1-11H3,(H,56,60)(H,57,61)(H,62,63)/t36-,37+,38-,40+,41-,42+,52+,53-,54-,55+/m1/s1. The number of carbonyl (C=O) groups is 5. The Morgan fingerprint density at radius 1 is 0.815 bits per heavy atom. The number of carbonyl (C=O) groups excluding carboxylic acids is 4. The number of hydrogen-bond donors (Lipinski definition) is 3. The minimum atomic E-state index is -0.838. The van der Waals surface area contributed by atoms with Crippen LogP contribution in [-0.2, 0) is 23.9 Å². The van der Waals surface area contributed by atoms with Gasteiger partial charge in [0.15, 0.2) is 5.78 Å². The van der Waals surface area contributed by atoms with Crippen molar-refractivity contribution in [3.63, 3.8) is 0 Å². The Hall–Kier alpha value is -3.69. The van der Waals surface area contributed by atoms with Crippen molar-refractivity contribution in [1.82, 2.24) is 10.6 Å². The first-order valence-electron chi connectivity index (χ1n) is 25.5. The summed E-state index contributed by atoms with van der Waals surface area (Å²) in [4.78, 5) is 69.8. The van der Waals surface area contributed by atoms with E-state index in [1.807, 2.05) is 52.0 Å². The first-order valence-corrected chi connectivity index (χ1v) is 25.5. The molecule has 10 nitrogen and oxygen atoms in total. The van der Waals surface area contributed by atoms with Crippen LogP contribution in [0, 0.1) is 68.0 Å². The molecule has 1 heterocycles. The molecular formula is C55H81N3O7. The van der Waals surface area contributed by atoms with Gasteiger partial charge in [-0.15, -0.1) is 0 Å². The number of amides is 2. The van der Waals surface area contributed by atoms with Crippen LogP contribution in [0.15, 0.2) is 35.4 Å². The number of allylic oxidation sites excluding steroid dienone is 2. The number of nitrogens with zero attached hydrogens (tertiary/aromatic N) is 1. The molecule has 1 aromatic carbocycles. The predicted octanol–water partition coefficient (Wildman–Crippen LogP) is 10.3. The molecule has 6 aliphatic carbocycles. The molecule has 1 aromatic rings. The fraction of sp³-hybridized carbons (Fsp3) is 0.764. The second-order valence-corrected chi connectivity index (χ2v) is 25.1. The van der Waals surface area contributed by atoms with Gasteiger partial charge in [0.1, 0.15) is 6.10 Å². The number of carboxylic acids is 1. The zero-order valence-electron chi connectivity index (χ0n) is 41.7. The summed E-state index contributed by atoms with van der Waals surface area (Å²) < 4.78 is 6.44. The number of anilines is 1. The summed E-state index contributed by atoms with van der Waals surface area (Å²) in [5.74, 6) is -0.875. The van der Waals surface area contributed by atoms with Crippen LogP contribution in [-0.4, -0.2) is 65.9 Å². The first-order chi connectivity index (χ1) is 30.3. The summed E-state index contributed by atoms with van der Waals surface area (Å²) in [6.07, 6.45) is 12.2. The van der Waals surface area contributed by atoms with E-state index in [0.717, 1.165) is 75.7 Å². The normalized spacial score (nSPS) is 37.2. The Kier molecular flexibility index (Phi) is 12.1. The van der Waals surface area contributed by atoms with E-state index in [0.29, 0.717) is 30.2 Å². The van der Waals surface area contributed by atoms with Crippen molar-refractivity contribution in [2.75, 3.05) is 24.5 Å². The molecule has 10 atom stereocenters. The van der Waals surface area contributed by atoms with Crippen LogP contribution in [0.2, 0.25) is 0 Å². The lowest BCUT2D eigenvalue weighted by molar-refractivity contribution is -0.236. The van der Waals surface area contributed by atoms with Gasteiger partial charge in [-0.3, -0.25) is 24.0 Å². The lowest BCUT2D eigenvalue weighted by Gasteiger charge is -2.72. The Balaban J connectivity index is 0.955. The van der Waals surface area contributed by atoms with E-state index in [1.165, 1.54) is 24.8 Å². The van der Waals surface area contributed by atoms with Crippen LogP contribution in [0.5, 0.6) is 0 Å². The zero-order valence-corrected chi connectivity index (χ0v) is 41.7. The number of nitrogens with one attached hydrogen (secondary N) is 2. The molecule has 0 unspecified atom stereocenters. The van der Waals surface area contributed by atoms with Crippen LogP contribution >= 0.6 is 0 Å². The van der Waals surface area contributed by atoms with Crippen molar-refractivity contribution >= 4 is 35.2 Å². The monoisotopic (exact) mass is 896 g/mol. The third kappa shape index (κ3) is 7.78. The lowest BCUT2D eigenvalue weighted by atomic mass is 9.33. The lowest BCUT2D eigenvalue weighted by Crippen LogP contribution is -2.66. The summed E-state index contributed by atoms with van der Waals surface area (Å²) in [5.41, 5.74) is 1.98. The van der Waals surface area contributed by atoms with Gasteiger partial charge < -0.3 is 25.4 Å². The Bertz CT molecular complexity index is 2110. The molecular weight excluding hydrogens is 815 g/mol. The van der Waals surface area contributed by atoms with Gasteiger partial charge in [0.05, 0.1) is 17.4 Å². The van der Waals surface area contributed by atoms with Crippen molar-refractivity contribution in [3.8, 4) is 0 Å². The van der Waals surface area contributed by atoms with E-state index in [9.17, 15) is 29.1 Å². The van der Waals surface area contributed by atoms with Crippen molar-refractivity contribution in [2.24, 2.45) is 68.0 Å². The Morgan fingerprint density at radius 2 is 1.49 bits per heavy atom. The second-order valence-electron chi connectivity index (χ2n) is 25.1. The number of piperidine rings is 1. The van der Waals surface area contributed by atoms with E-state index in [1.54, 1.807) is 0 Å². The molecule has 8 rings (SSSR count). The van der Waals surface area contributed by atoms with Crippen LogP contribution in [0.4, 0.5) is 5.69 Å². The Morgan fingerprint density at radius 3 is 2.12 bits per heavy atom. The van der Waals surface area contributed by atoms with Gasteiger partial charge in [-0.05, 0) is 166 Å². The summed E-state index contributed by atoms with van der Waals surface area (Å²) in [5, 5.41) is 16.1. The highest BCUT2D eigenvalue weighted by Crippen LogP contribution is 2.77. The Labute approximate surface area is 389 Å². The van der Waals surface area contributed by atoms with Crippen LogP contribution in [0.25, 0.3) is 0 Å². The number of aliphatic carboxylic acids is 1. The average molecular weight is 896 g/mol. The number of benzene rings is 1. The van der Waals surface area contributed by atoms with Gasteiger partial charge in [-0.25, -0.2) is 0 Å². The molecule has 0 radical (unpaired) electrons. The molecule has 5 saturated carbocycles. The number of ketones is 1. The topological polar surface area (TPSA) is 142 Å². The third-order valence-corrected chi connectivity index (χ3v) is 20.2. The number of esters is 1. The summed E-state index contributed by atoms with van der Waals surface area (Å²) in [6.45, 7) is 26.6. The SMILES string of the molecule is CC(C)C1=C2[C@H]3CC[C@@H]4[C@@]5(C)CC[C@H](OC(=O)[C@H]6C[C@@H](C(=O)O)C6(C)C)C(C)(C)[C@@H]5CC[C@@]4(C)[C@]3(C)CC[C@@]2(CC(=O)NCC(C)(C)NC(=O)c2ccc(N3CCCCC3)cc2)CC1=O. The highest BCUT2D eigenvalue weighted by molar-refractivity contribution is 6.01. The second kappa shape index (κ2) is 16.5. The molecule has 7 aliphatic rings. The maximum absolute atomic E-state index is 14.3. The van der Waals surface area contributed by atoms with E-state index in [2.05, 4.69) is 64.0 Å². The molecule has 0 spiro atoms. The maximum atomic E-state index is 14.3. The number of ether oxygens (including phenoxy) is 1.